The number of nitrogens with one attached hydrogen (secondary N) is 7. The van der Waals surface area contributed by atoms with Gasteiger partial charge in [-0.1, -0.05) is 78.9 Å². The third-order valence-corrected chi connectivity index (χ3v) is 16.7. The zero-order valence-corrected chi connectivity index (χ0v) is 53.3. The highest BCUT2D eigenvalue weighted by Gasteiger charge is 2.46. The van der Waals surface area contributed by atoms with Crippen LogP contribution in [0.15, 0.2) is 105 Å². The quantitative estimate of drug-likeness (QED) is 0.0116. The predicted octanol–water partition coefficient (Wildman–Crippen LogP) is -4.53. The SMILES string of the molecule is NC(N)=NCCC[C@@H](N)C(=O)N[C@@H](CCCN=C(N)N)C(=O)N1CCC[C@H]1C(=O)N1C[C@H](O)C[C@H]1C(=O)NCC(=O)N[C@@H](Cc1cccs1)C(=O)N[C@@H](CO)C(=O)N[C@H](Cc1ccccc1)C(=O)N[C@@H](Cc1ccc2ccccc2c1)C(=O)N[C@@H](CCCN=C(N)N)C(=O)O. The Morgan fingerprint density at radius 1 is 0.568 bits per heavy atom. The molecule has 9 amide bonds. The van der Waals surface area contributed by atoms with Crippen molar-refractivity contribution in [3.8, 4) is 0 Å². The number of aliphatic hydroxyl groups is 2. The van der Waals surface area contributed by atoms with Crippen molar-refractivity contribution >= 4 is 99.1 Å². The van der Waals surface area contributed by atoms with E-state index in [0.29, 0.717) is 28.8 Å². The summed E-state index contributed by atoms with van der Waals surface area (Å²) in [4.78, 5) is 154. The summed E-state index contributed by atoms with van der Waals surface area (Å²) in [7, 11) is 0. The molecular formula is C62H87N19O13S. The van der Waals surface area contributed by atoms with Crippen molar-refractivity contribution < 1.29 is 63.3 Å². The lowest BCUT2D eigenvalue weighted by atomic mass is 9.99. The lowest BCUT2D eigenvalue weighted by molar-refractivity contribution is -0.148. The van der Waals surface area contributed by atoms with Crippen LogP contribution in [0.4, 0.5) is 0 Å². The summed E-state index contributed by atoms with van der Waals surface area (Å²) in [6.07, 6.45) is -0.322. The fraction of sp³-hybridized carbons (Fsp3) is 0.468. The predicted molar refractivity (Wildman–Crippen MR) is 354 cm³/mol. The number of nitrogens with two attached hydrogens (primary N) is 7. The van der Waals surface area contributed by atoms with E-state index in [-0.39, 0.29) is 115 Å². The van der Waals surface area contributed by atoms with Crippen LogP contribution in [0.5, 0.6) is 0 Å². The molecule has 0 bridgehead atoms. The molecule has 0 aliphatic carbocycles. The summed E-state index contributed by atoms with van der Waals surface area (Å²) in [6, 6.07) is 12.6. The number of nitrogens with zero attached hydrogens (tertiary/aromatic N) is 5. The van der Waals surface area contributed by atoms with Crippen LogP contribution in [0.3, 0.4) is 0 Å². The lowest BCUT2D eigenvalue weighted by Gasteiger charge is -2.33. The third kappa shape index (κ3) is 23.5. The van der Waals surface area contributed by atoms with Crippen LogP contribution in [0.25, 0.3) is 10.8 Å². The summed E-state index contributed by atoms with van der Waals surface area (Å²) < 4.78 is 0. The number of aliphatic imine (C=N–C) groups is 3. The van der Waals surface area contributed by atoms with Gasteiger partial charge in [0.1, 0.15) is 48.3 Å². The normalized spacial score (nSPS) is 17.2. The molecule has 514 valence electrons. The van der Waals surface area contributed by atoms with Crippen molar-refractivity contribution in [3.63, 3.8) is 0 Å². The maximum absolute atomic E-state index is 14.6. The first-order chi connectivity index (χ1) is 45.4. The van der Waals surface area contributed by atoms with Crippen LogP contribution < -0.4 is 77.4 Å². The van der Waals surface area contributed by atoms with Crippen LogP contribution in [0, 0.1) is 0 Å². The average Bonchev–Trinajstić information content (AvgIpc) is 1.70. The maximum Gasteiger partial charge on any atom is 0.326 e. The zero-order chi connectivity index (χ0) is 69.1. The number of carboxylic acids is 1. The number of rotatable bonds is 36. The molecule has 3 heterocycles. The topological polar surface area (TPSA) is 541 Å². The number of aliphatic carboxylic acids is 1. The summed E-state index contributed by atoms with van der Waals surface area (Å²) in [6.45, 7) is -1.52. The summed E-state index contributed by atoms with van der Waals surface area (Å²) >= 11 is 1.24. The number of benzene rings is 3. The van der Waals surface area contributed by atoms with Crippen molar-refractivity contribution in [1.29, 1.82) is 0 Å². The Bertz CT molecular complexity index is 3380. The second kappa shape index (κ2) is 37.0. The number of carbonyl (C=O) groups is 10. The van der Waals surface area contributed by atoms with Gasteiger partial charge < -0.3 is 102 Å². The van der Waals surface area contributed by atoms with Crippen molar-refractivity contribution in [2.45, 2.75) is 138 Å². The van der Waals surface area contributed by atoms with Gasteiger partial charge in [-0.15, -0.1) is 11.3 Å². The molecule has 10 atom stereocenters. The minimum Gasteiger partial charge on any atom is -0.480 e. The smallest absolute Gasteiger partial charge is 0.326 e. The number of carbonyl (C=O) groups excluding carboxylic acids is 9. The highest BCUT2D eigenvalue weighted by molar-refractivity contribution is 7.09. The summed E-state index contributed by atoms with van der Waals surface area (Å²) in [5.74, 6) is -9.25. The van der Waals surface area contributed by atoms with E-state index >= 15 is 0 Å². The molecular weight excluding hydrogens is 1250 g/mol. The number of fused-ring (bicyclic) bond motifs is 1. The number of thiophene rings is 1. The van der Waals surface area contributed by atoms with Crippen LogP contribution in [-0.4, -0.2) is 208 Å². The zero-order valence-electron chi connectivity index (χ0n) is 52.5. The van der Waals surface area contributed by atoms with Crippen LogP contribution in [0.1, 0.15) is 73.8 Å². The lowest BCUT2D eigenvalue weighted by Crippen LogP contribution is -2.60. The van der Waals surface area contributed by atoms with Gasteiger partial charge in [0.05, 0.1) is 25.3 Å². The Kier molecular flexibility index (Phi) is 28.9. The highest BCUT2D eigenvalue weighted by atomic mass is 32.1. The number of β-amino-alcohol motifs (C(OH)–C–C–N with tert-alkyl or cyclic N) is 1. The second-order valence-electron chi connectivity index (χ2n) is 23.1. The fourth-order valence-electron chi connectivity index (χ4n) is 11.0. The van der Waals surface area contributed by atoms with E-state index in [1.54, 1.807) is 53.9 Å². The number of likely N-dealkylation sites (tertiary alicyclic amines) is 2. The van der Waals surface area contributed by atoms with E-state index in [2.05, 4.69) is 52.2 Å². The molecule has 0 spiro atoms. The molecule has 95 heavy (non-hydrogen) atoms. The van der Waals surface area contributed by atoms with E-state index in [4.69, 9.17) is 40.1 Å². The van der Waals surface area contributed by atoms with Gasteiger partial charge in [0.25, 0.3) is 0 Å². The molecule has 0 radical (unpaired) electrons. The first kappa shape index (κ1) is 74.1. The van der Waals surface area contributed by atoms with Gasteiger partial charge in [0, 0.05) is 63.3 Å². The number of aliphatic hydroxyl groups excluding tert-OH is 2. The molecule has 2 fully saturated rings. The molecule has 2 aliphatic rings. The van der Waals surface area contributed by atoms with Crippen molar-refractivity contribution in [2.24, 2.45) is 55.1 Å². The van der Waals surface area contributed by atoms with Gasteiger partial charge in [-0.05, 0) is 84.7 Å². The van der Waals surface area contributed by atoms with E-state index in [9.17, 15) is 63.3 Å². The monoisotopic (exact) mass is 1340 g/mol. The summed E-state index contributed by atoms with van der Waals surface area (Å²) in [5, 5.41) is 53.1. The molecule has 0 saturated carbocycles. The Hall–Kier alpha value is -9.99. The number of hydrogen-bond acceptors (Lipinski definition) is 17. The van der Waals surface area contributed by atoms with Crippen LogP contribution >= 0.6 is 11.3 Å². The minimum atomic E-state index is -1.75. The van der Waals surface area contributed by atoms with Gasteiger partial charge in [0.15, 0.2) is 17.9 Å². The van der Waals surface area contributed by atoms with Crippen LogP contribution in [-0.2, 0) is 67.2 Å². The molecule has 3 aromatic carbocycles. The third-order valence-electron chi connectivity index (χ3n) is 15.8. The van der Waals surface area contributed by atoms with Crippen molar-refractivity contribution in [2.75, 3.05) is 45.9 Å². The Balaban J connectivity index is 1.13. The number of hydrogen-bond donors (Lipinski definition) is 17. The van der Waals surface area contributed by atoms with Gasteiger partial charge in [0.2, 0.25) is 53.2 Å². The Labute approximate surface area is 552 Å². The Morgan fingerprint density at radius 2 is 1.11 bits per heavy atom. The molecule has 32 nitrogen and oxygen atoms in total. The molecule has 0 unspecified atom stereocenters. The van der Waals surface area contributed by atoms with E-state index in [1.165, 1.54) is 16.2 Å². The number of amides is 9. The van der Waals surface area contributed by atoms with E-state index < -0.39 is 133 Å². The van der Waals surface area contributed by atoms with E-state index in [0.717, 1.165) is 15.7 Å². The molecule has 2 saturated heterocycles. The summed E-state index contributed by atoms with van der Waals surface area (Å²) in [5.41, 5.74) is 40.0. The van der Waals surface area contributed by atoms with Crippen molar-refractivity contribution in [1.82, 2.24) is 47.0 Å². The van der Waals surface area contributed by atoms with Crippen LogP contribution in [0.2, 0.25) is 0 Å². The second-order valence-corrected chi connectivity index (χ2v) is 24.1. The van der Waals surface area contributed by atoms with Crippen molar-refractivity contribution in [3.05, 3.63) is 106 Å². The average molecular weight is 1340 g/mol. The molecule has 24 N–H and O–H groups in total. The highest BCUT2D eigenvalue weighted by Crippen LogP contribution is 2.27. The van der Waals surface area contributed by atoms with Gasteiger partial charge in [-0.2, -0.15) is 0 Å². The fourth-order valence-corrected chi connectivity index (χ4v) is 11.7. The standard InChI is InChI=1S/C62H87N19O13S/c63-41(16-6-22-70-60(64)65)51(85)75-42(17-7-23-71-61(66)67)57(91)80-25-9-19-48(80)58(92)81-33-39(83)30-49(81)56(90)73-32-50(84)74-46(31-40-15-10-26-95-40)54(88)79-47(34-82)55(89)78-44(28-35-11-2-1-3-12-35)53(87)77-45(29-36-20-21-37-13-4-5-14-38(37)27-36)52(86)76-43(59(93)94)18-8-24-72-62(68)69/h1-5,10-15,20-21,26-27,39,41-49,82-83H,6-9,16-19,22-25,28-34,63H2,(H,73,90)(H,74,84)(H,75,85)(H,76,86)(H,77,87)(H,78,89)(H,79,88)(H,93,94)(H4,64,65,70)(H4,66,67,71)(H4,68,69,72)/t39-,41-,42+,43+,44-,45+,46+,47+,48+,49+/m1/s1. The first-order valence-electron chi connectivity index (χ1n) is 31.1. The van der Waals surface area contributed by atoms with Gasteiger partial charge in [-0.25, -0.2) is 4.79 Å². The molecule has 6 rings (SSSR count). The first-order valence-corrected chi connectivity index (χ1v) is 32.0. The van der Waals surface area contributed by atoms with Gasteiger partial charge in [-0.3, -0.25) is 58.1 Å². The minimum absolute atomic E-state index is 0.0600. The molecule has 33 heteroatoms. The Morgan fingerprint density at radius 3 is 1.69 bits per heavy atom. The number of carboxylic acid groups (broad SMARTS) is 1. The number of guanidine groups is 3. The van der Waals surface area contributed by atoms with Gasteiger partial charge >= 0.3 is 5.97 Å². The molecule has 4 aromatic rings. The van der Waals surface area contributed by atoms with E-state index in [1.807, 2.05) is 36.4 Å². The molecule has 2 aliphatic heterocycles. The molecule has 1 aromatic heterocycles. The largest absolute Gasteiger partial charge is 0.480 e. The maximum atomic E-state index is 14.6.